The minimum absolute atomic E-state index is 0.0843. The number of β-amino-alcohol motifs (C(OH)–C–C–N with tert-alkyl or cyclic N) is 1. The lowest BCUT2D eigenvalue weighted by Crippen LogP contribution is -2.52. The highest BCUT2D eigenvalue weighted by atomic mass is 16.5. The molecule has 0 unspecified atom stereocenters. The predicted octanol–water partition coefficient (Wildman–Crippen LogP) is -0.215. The Morgan fingerprint density at radius 1 is 1.29 bits per heavy atom. The van der Waals surface area contributed by atoms with Gasteiger partial charge in [0, 0.05) is 58.3 Å². The van der Waals surface area contributed by atoms with Crippen LogP contribution >= 0.6 is 0 Å². The first kappa shape index (κ1) is 19.1. The molecule has 2 fully saturated rings. The summed E-state index contributed by atoms with van der Waals surface area (Å²) >= 11 is 0. The van der Waals surface area contributed by atoms with Gasteiger partial charge in [0.25, 0.3) is 0 Å². The molecule has 138 valence electrons. The van der Waals surface area contributed by atoms with Crippen LogP contribution in [0.25, 0.3) is 0 Å². The Labute approximate surface area is 144 Å². The smallest absolute Gasteiger partial charge is 0.228 e. The summed E-state index contributed by atoms with van der Waals surface area (Å²) in [6.07, 6.45) is -0.149. The van der Waals surface area contributed by atoms with Crippen LogP contribution in [0.3, 0.4) is 0 Å². The van der Waals surface area contributed by atoms with Gasteiger partial charge in [-0.3, -0.25) is 14.5 Å². The van der Waals surface area contributed by atoms with Crippen molar-refractivity contribution in [1.82, 2.24) is 14.7 Å². The van der Waals surface area contributed by atoms with Crippen LogP contribution in [0.4, 0.5) is 0 Å². The third-order valence-electron chi connectivity index (χ3n) is 4.80. The van der Waals surface area contributed by atoms with E-state index in [4.69, 9.17) is 4.74 Å². The first-order valence-electron chi connectivity index (χ1n) is 8.98. The predicted molar refractivity (Wildman–Crippen MR) is 90.5 cm³/mol. The number of likely N-dealkylation sites (tertiary alicyclic amines) is 1. The number of rotatable bonds is 7. The molecule has 0 aromatic heterocycles. The second kappa shape index (κ2) is 8.78. The van der Waals surface area contributed by atoms with E-state index in [0.717, 1.165) is 13.1 Å². The third kappa shape index (κ3) is 4.91. The van der Waals surface area contributed by atoms with Crippen molar-refractivity contribution in [2.45, 2.75) is 39.3 Å². The van der Waals surface area contributed by atoms with Gasteiger partial charge in [-0.1, -0.05) is 0 Å². The summed E-state index contributed by atoms with van der Waals surface area (Å²) in [7, 11) is 0. The molecule has 7 heteroatoms. The third-order valence-corrected chi connectivity index (χ3v) is 4.80. The van der Waals surface area contributed by atoms with Crippen molar-refractivity contribution in [2.75, 3.05) is 52.5 Å². The second-order valence-corrected chi connectivity index (χ2v) is 6.98. The van der Waals surface area contributed by atoms with Crippen molar-refractivity contribution < 1.29 is 19.4 Å². The average molecular weight is 341 g/mol. The highest BCUT2D eigenvalue weighted by molar-refractivity contribution is 5.89. The van der Waals surface area contributed by atoms with Crippen LogP contribution in [0.5, 0.6) is 0 Å². The fourth-order valence-electron chi connectivity index (χ4n) is 3.41. The second-order valence-electron chi connectivity index (χ2n) is 6.98. The molecule has 0 saturated carbocycles. The molecule has 1 N–H and O–H groups in total. The number of piperazine rings is 1. The lowest BCUT2D eigenvalue weighted by Gasteiger charge is -2.36. The van der Waals surface area contributed by atoms with Crippen LogP contribution in [0, 0.1) is 5.92 Å². The number of amides is 2. The maximum atomic E-state index is 12.6. The Hall–Kier alpha value is -1.18. The van der Waals surface area contributed by atoms with Crippen molar-refractivity contribution in [3.05, 3.63) is 0 Å². The van der Waals surface area contributed by atoms with Crippen LogP contribution in [-0.2, 0) is 14.3 Å². The van der Waals surface area contributed by atoms with E-state index in [2.05, 4.69) is 4.90 Å². The van der Waals surface area contributed by atoms with Crippen molar-refractivity contribution in [3.63, 3.8) is 0 Å². The van der Waals surface area contributed by atoms with Crippen molar-refractivity contribution in [3.8, 4) is 0 Å². The fourth-order valence-corrected chi connectivity index (χ4v) is 3.41. The van der Waals surface area contributed by atoms with E-state index in [1.807, 2.05) is 25.7 Å². The molecule has 2 aliphatic rings. The average Bonchev–Trinajstić information content (AvgIpc) is 2.95. The molecule has 2 atom stereocenters. The zero-order valence-corrected chi connectivity index (χ0v) is 15.1. The number of aliphatic hydroxyl groups is 1. The van der Waals surface area contributed by atoms with Crippen LogP contribution in [-0.4, -0.2) is 96.2 Å². The summed E-state index contributed by atoms with van der Waals surface area (Å²) < 4.78 is 5.23. The lowest BCUT2D eigenvalue weighted by atomic mass is 10.1. The lowest BCUT2D eigenvalue weighted by molar-refractivity contribution is -0.137. The molecule has 0 aromatic rings. The zero-order chi connectivity index (χ0) is 17.7. The van der Waals surface area contributed by atoms with Gasteiger partial charge in [0.1, 0.15) is 0 Å². The fraction of sp³-hybridized carbons (Fsp3) is 0.882. The molecule has 0 aliphatic carbocycles. The molecule has 2 heterocycles. The van der Waals surface area contributed by atoms with E-state index in [-0.39, 0.29) is 23.8 Å². The Morgan fingerprint density at radius 3 is 2.50 bits per heavy atom. The molecule has 0 radical (unpaired) electrons. The summed E-state index contributed by atoms with van der Waals surface area (Å²) in [5.41, 5.74) is 0. The SMILES string of the molecule is CCOC[C@@H](O)CN1CCN(C(=O)[C@H]2CC(=O)N(C(C)C)C2)CC1. The molecule has 2 aliphatic heterocycles. The van der Waals surface area contributed by atoms with Gasteiger partial charge in [0.15, 0.2) is 0 Å². The van der Waals surface area contributed by atoms with E-state index in [1.54, 1.807) is 4.90 Å². The zero-order valence-electron chi connectivity index (χ0n) is 15.1. The quantitative estimate of drug-likeness (QED) is 0.693. The summed E-state index contributed by atoms with van der Waals surface area (Å²) in [5, 5.41) is 9.90. The van der Waals surface area contributed by atoms with Crippen molar-refractivity contribution in [2.24, 2.45) is 5.92 Å². The van der Waals surface area contributed by atoms with Crippen molar-refractivity contribution >= 4 is 11.8 Å². The van der Waals surface area contributed by atoms with E-state index in [9.17, 15) is 14.7 Å². The largest absolute Gasteiger partial charge is 0.389 e. The number of carbonyl (C=O) groups is 2. The minimum atomic E-state index is -0.487. The number of hydrogen-bond donors (Lipinski definition) is 1. The maximum Gasteiger partial charge on any atom is 0.228 e. The minimum Gasteiger partial charge on any atom is -0.389 e. The van der Waals surface area contributed by atoms with E-state index >= 15 is 0 Å². The maximum absolute atomic E-state index is 12.6. The summed E-state index contributed by atoms with van der Waals surface area (Å²) in [6.45, 7) is 10.8. The summed E-state index contributed by atoms with van der Waals surface area (Å²) in [5.74, 6) is -0.0166. The molecule has 2 rings (SSSR count). The molecule has 2 saturated heterocycles. The van der Waals surface area contributed by atoms with Gasteiger partial charge >= 0.3 is 0 Å². The number of hydrogen-bond acceptors (Lipinski definition) is 5. The molecule has 0 bridgehead atoms. The van der Waals surface area contributed by atoms with Crippen LogP contribution in [0.2, 0.25) is 0 Å². The molecular formula is C17H31N3O4. The molecule has 24 heavy (non-hydrogen) atoms. The molecule has 7 nitrogen and oxygen atoms in total. The van der Waals surface area contributed by atoms with E-state index in [0.29, 0.717) is 45.8 Å². The van der Waals surface area contributed by atoms with Gasteiger partial charge in [0.2, 0.25) is 11.8 Å². The van der Waals surface area contributed by atoms with Crippen LogP contribution in [0.15, 0.2) is 0 Å². The number of aliphatic hydroxyl groups excluding tert-OH is 1. The van der Waals surface area contributed by atoms with Gasteiger partial charge in [-0.05, 0) is 20.8 Å². The molecular weight excluding hydrogens is 310 g/mol. The Bertz CT molecular complexity index is 436. The Kier molecular flexibility index (Phi) is 7.01. The van der Waals surface area contributed by atoms with Gasteiger partial charge < -0.3 is 19.6 Å². The summed E-state index contributed by atoms with van der Waals surface area (Å²) in [4.78, 5) is 30.4. The van der Waals surface area contributed by atoms with Gasteiger partial charge in [-0.25, -0.2) is 0 Å². The molecule has 2 amide bonds. The van der Waals surface area contributed by atoms with Crippen LogP contribution in [0.1, 0.15) is 27.2 Å². The van der Waals surface area contributed by atoms with Gasteiger partial charge in [-0.15, -0.1) is 0 Å². The summed E-state index contributed by atoms with van der Waals surface area (Å²) in [6, 6.07) is 0.152. The Morgan fingerprint density at radius 2 is 1.96 bits per heavy atom. The topological polar surface area (TPSA) is 73.3 Å². The number of carbonyl (C=O) groups excluding carboxylic acids is 2. The van der Waals surface area contributed by atoms with Crippen molar-refractivity contribution in [1.29, 1.82) is 0 Å². The number of nitrogens with zero attached hydrogens (tertiary/aromatic N) is 3. The van der Waals surface area contributed by atoms with E-state index in [1.165, 1.54) is 0 Å². The molecule has 0 aromatic carbocycles. The molecule has 0 spiro atoms. The standard InChI is InChI=1S/C17H31N3O4/c1-4-24-12-15(21)11-18-5-7-19(8-6-18)17(23)14-9-16(22)20(10-14)13(2)3/h13-15,21H,4-12H2,1-3H3/t14-,15-/m0/s1. The highest BCUT2D eigenvalue weighted by Crippen LogP contribution is 2.22. The highest BCUT2D eigenvalue weighted by Gasteiger charge is 2.38. The number of ether oxygens (including phenoxy) is 1. The van der Waals surface area contributed by atoms with E-state index < -0.39 is 6.10 Å². The van der Waals surface area contributed by atoms with Gasteiger partial charge in [-0.2, -0.15) is 0 Å². The van der Waals surface area contributed by atoms with Gasteiger partial charge in [0.05, 0.1) is 18.6 Å². The van der Waals surface area contributed by atoms with Crippen LogP contribution < -0.4 is 0 Å². The first-order chi connectivity index (χ1) is 11.4. The first-order valence-corrected chi connectivity index (χ1v) is 8.98. The Balaban J connectivity index is 1.76. The normalized spacial score (nSPS) is 24.0. The monoisotopic (exact) mass is 341 g/mol.